The zero-order valence-electron chi connectivity index (χ0n) is 15.2. The molecule has 2 aromatic rings. The van der Waals surface area contributed by atoms with Crippen LogP contribution in [0.1, 0.15) is 17.7 Å². The van der Waals surface area contributed by atoms with Gasteiger partial charge in [-0.3, -0.25) is 0 Å². The van der Waals surface area contributed by atoms with Crippen molar-refractivity contribution in [1.29, 1.82) is 0 Å². The van der Waals surface area contributed by atoms with Crippen LogP contribution in [-0.2, 0) is 17.6 Å². The molecule has 0 unspecified atom stereocenters. The Morgan fingerprint density at radius 2 is 1.81 bits per heavy atom. The van der Waals surface area contributed by atoms with Crippen molar-refractivity contribution in [3.63, 3.8) is 0 Å². The summed E-state index contributed by atoms with van der Waals surface area (Å²) in [6.45, 7) is 3.10. The normalized spacial score (nSPS) is 14.3. The minimum Gasteiger partial charge on any atom is -0.493 e. The molecule has 0 N–H and O–H groups in total. The number of aromatic nitrogens is 2. The van der Waals surface area contributed by atoms with E-state index in [1.54, 1.807) is 14.2 Å². The molecular weight excluding hydrogens is 354 g/mol. The van der Waals surface area contributed by atoms with Crippen LogP contribution >= 0.6 is 11.6 Å². The fourth-order valence-corrected chi connectivity index (χ4v) is 3.24. The largest absolute Gasteiger partial charge is 0.493 e. The SMILES string of the molecule is COc1ccc(CCCc2cc(N3CCOCC3)nc(Cl)n2)cc1OC. The van der Waals surface area contributed by atoms with Crippen molar-refractivity contribution in [3.05, 3.63) is 40.8 Å². The first-order valence-corrected chi connectivity index (χ1v) is 9.14. The number of aryl methyl sites for hydroxylation is 2. The van der Waals surface area contributed by atoms with E-state index >= 15 is 0 Å². The molecule has 1 fully saturated rings. The van der Waals surface area contributed by atoms with Crippen LogP contribution in [0.3, 0.4) is 0 Å². The van der Waals surface area contributed by atoms with Gasteiger partial charge in [0.1, 0.15) is 5.82 Å². The molecule has 0 radical (unpaired) electrons. The molecule has 6 nitrogen and oxygen atoms in total. The molecule has 140 valence electrons. The molecule has 0 spiro atoms. The van der Waals surface area contributed by atoms with Crippen LogP contribution in [0.5, 0.6) is 11.5 Å². The van der Waals surface area contributed by atoms with Gasteiger partial charge in [-0.2, -0.15) is 0 Å². The van der Waals surface area contributed by atoms with Gasteiger partial charge in [0.2, 0.25) is 5.28 Å². The smallest absolute Gasteiger partial charge is 0.224 e. The minimum atomic E-state index is 0.301. The average molecular weight is 378 g/mol. The van der Waals surface area contributed by atoms with Crippen LogP contribution in [0.4, 0.5) is 5.82 Å². The lowest BCUT2D eigenvalue weighted by atomic mass is 10.1. The van der Waals surface area contributed by atoms with Crippen molar-refractivity contribution >= 4 is 17.4 Å². The second kappa shape index (κ2) is 9.05. The highest BCUT2D eigenvalue weighted by Crippen LogP contribution is 2.28. The lowest BCUT2D eigenvalue weighted by Crippen LogP contribution is -2.36. The lowest BCUT2D eigenvalue weighted by Gasteiger charge is -2.28. The predicted octanol–water partition coefficient (Wildman–Crippen LogP) is 3.16. The minimum absolute atomic E-state index is 0.301. The first-order valence-electron chi connectivity index (χ1n) is 8.76. The Morgan fingerprint density at radius 3 is 2.54 bits per heavy atom. The number of methoxy groups -OCH3 is 2. The van der Waals surface area contributed by atoms with E-state index in [2.05, 4.69) is 20.9 Å². The summed E-state index contributed by atoms with van der Waals surface area (Å²) in [5.74, 6) is 2.38. The molecule has 1 aromatic carbocycles. The van der Waals surface area contributed by atoms with E-state index in [9.17, 15) is 0 Å². The molecule has 1 aliphatic heterocycles. The highest BCUT2D eigenvalue weighted by Gasteiger charge is 2.14. The van der Waals surface area contributed by atoms with Gasteiger partial charge in [-0.05, 0) is 48.6 Å². The summed E-state index contributed by atoms with van der Waals surface area (Å²) < 4.78 is 16.0. The summed E-state index contributed by atoms with van der Waals surface area (Å²) in [5, 5.41) is 0.301. The molecule has 7 heteroatoms. The van der Waals surface area contributed by atoms with Crippen LogP contribution in [0.2, 0.25) is 5.28 Å². The highest BCUT2D eigenvalue weighted by molar-refractivity contribution is 6.28. The average Bonchev–Trinajstić information content (AvgIpc) is 2.68. The van der Waals surface area contributed by atoms with Gasteiger partial charge in [-0.15, -0.1) is 0 Å². The molecule has 2 heterocycles. The van der Waals surface area contributed by atoms with E-state index in [4.69, 9.17) is 25.8 Å². The zero-order valence-corrected chi connectivity index (χ0v) is 16.0. The standard InChI is InChI=1S/C19H24ClN3O3/c1-24-16-7-6-14(12-17(16)25-2)4-3-5-15-13-18(22-19(20)21-15)23-8-10-26-11-9-23/h6-7,12-13H,3-5,8-11H2,1-2H3. The van der Waals surface area contributed by atoms with Crippen LogP contribution in [0, 0.1) is 0 Å². The van der Waals surface area contributed by atoms with Crippen LogP contribution in [-0.4, -0.2) is 50.5 Å². The molecule has 1 aromatic heterocycles. The first kappa shape index (κ1) is 18.7. The maximum absolute atomic E-state index is 6.13. The van der Waals surface area contributed by atoms with Crippen molar-refractivity contribution in [1.82, 2.24) is 9.97 Å². The van der Waals surface area contributed by atoms with Gasteiger partial charge in [0, 0.05) is 24.8 Å². The summed E-state index contributed by atoms with van der Waals surface area (Å²) in [4.78, 5) is 10.9. The second-order valence-corrected chi connectivity index (χ2v) is 6.47. The summed E-state index contributed by atoms with van der Waals surface area (Å²) >= 11 is 6.13. The van der Waals surface area contributed by atoms with Gasteiger partial charge in [-0.25, -0.2) is 9.97 Å². The number of morpholine rings is 1. The zero-order chi connectivity index (χ0) is 18.4. The summed E-state index contributed by atoms with van der Waals surface area (Å²) in [5.41, 5.74) is 2.17. The summed E-state index contributed by atoms with van der Waals surface area (Å²) in [6.07, 6.45) is 2.73. The van der Waals surface area contributed by atoms with Gasteiger partial charge in [0.05, 0.1) is 27.4 Å². The quantitative estimate of drug-likeness (QED) is 0.691. The third-order valence-electron chi connectivity index (χ3n) is 4.42. The Balaban J connectivity index is 1.62. The van der Waals surface area contributed by atoms with Crippen molar-refractivity contribution in [2.75, 3.05) is 45.4 Å². The Kier molecular flexibility index (Phi) is 6.52. The molecular formula is C19H24ClN3O3. The van der Waals surface area contributed by atoms with E-state index in [1.165, 1.54) is 5.56 Å². The molecule has 3 rings (SSSR count). The number of ether oxygens (including phenoxy) is 3. The number of anilines is 1. The maximum Gasteiger partial charge on any atom is 0.224 e. The maximum atomic E-state index is 6.13. The highest BCUT2D eigenvalue weighted by atomic mass is 35.5. The van der Waals surface area contributed by atoms with Crippen LogP contribution in [0.25, 0.3) is 0 Å². The van der Waals surface area contributed by atoms with E-state index in [0.717, 1.165) is 68.6 Å². The molecule has 0 amide bonds. The molecule has 0 atom stereocenters. The molecule has 0 aliphatic carbocycles. The number of rotatable bonds is 7. The fraction of sp³-hybridized carbons (Fsp3) is 0.474. The lowest BCUT2D eigenvalue weighted by molar-refractivity contribution is 0.122. The third kappa shape index (κ3) is 4.77. The summed E-state index contributed by atoms with van der Waals surface area (Å²) in [6, 6.07) is 8.05. The third-order valence-corrected chi connectivity index (χ3v) is 4.59. The van der Waals surface area contributed by atoms with Crippen molar-refractivity contribution in [2.45, 2.75) is 19.3 Å². The molecule has 0 saturated carbocycles. The Bertz CT molecular complexity index is 736. The summed E-state index contributed by atoms with van der Waals surface area (Å²) in [7, 11) is 3.29. The van der Waals surface area contributed by atoms with E-state index in [-0.39, 0.29) is 0 Å². The van der Waals surface area contributed by atoms with Crippen LogP contribution in [0.15, 0.2) is 24.3 Å². The van der Waals surface area contributed by atoms with E-state index in [0.29, 0.717) is 5.28 Å². The molecule has 26 heavy (non-hydrogen) atoms. The van der Waals surface area contributed by atoms with Gasteiger partial charge in [-0.1, -0.05) is 6.07 Å². The number of benzene rings is 1. The van der Waals surface area contributed by atoms with E-state index in [1.807, 2.05) is 18.2 Å². The van der Waals surface area contributed by atoms with Gasteiger partial charge < -0.3 is 19.1 Å². The number of halogens is 1. The molecule has 1 saturated heterocycles. The van der Waals surface area contributed by atoms with Gasteiger partial charge >= 0.3 is 0 Å². The van der Waals surface area contributed by atoms with Crippen molar-refractivity contribution in [3.8, 4) is 11.5 Å². The van der Waals surface area contributed by atoms with Crippen molar-refractivity contribution < 1.29 is 14.2 Å². The second-order valence-electron chi connectivity index (χ2n) is 6.13. The fourth-order valence-electron chi connectivity index (χ4n) is 3.04. The van der Waals surface area contributed by atoms with Gasteiger partial charge in [0.15, 0.2) is 11.5 Å². The number of hydrogen-bond donors (Lipinski definition) is 0. The Morgan fingerprint density at radius 1 is 1.04 bits per heavy atom. The monoisotopic (exact) mass is 377 g/mol. The predicted molar refractivity (Wildman–Crippen MR) is 102 cm³/mol. The molecule has 0 bridgehead atoms. The Labute approximate surface area is 159 Å². The van der Waals surface area contributed by atoms with E-state index < -0.39 is 0 Å². The topological polar surface area (TPSA) is 56.7 Å². The van der Waals surface area contributed by atoms with Gasteiger partial charge in [0.25, 0.3) is 0 Å². The first-order chi connectivity index (χ1) is 12.7. The van der Waals surface area contributed by atoms with Crippen molar-refractivity contribution in [2.24, 2.45) is 0 Å². The molecule has 1 aliphatic rings. The Hall–Kier alpha value is -2.05. The number of nitrogens with zero attached hydrogens (tertiary/aromatic N) is 3. The van der Waals surface area contributed by atoms with Crippen LogP contribution < -0.4 is 14.4 Å². The number of hydrogen-bond acceptors (Lipinski definition) is 6.